The van der Waals surface area contributed by atoms with Crippen LogP contribution in [-0.4, -0.2) is 51.2 Å². The molecule has 0 aromatic carbocycles. The Kier molecular flexibility index (Phi) is 7.14. The lowest BCUT2D eigenvalue weighted by Gasteiger charge is -2.29. The Morgan fingerprint density at radius 1 is 1.16 bits per heavy atom. The molecule has 4 heteroatoms. The lowest BCUT2D eigenvalue weighted by Crippen LogP contribution is -2.39. The van der Waals surface area contributed by atoms with Crippen molar-refractivity contribution in [2.75, 3.05) is 33.0 Å². The van der Waals surface area contributed by atoms with Crippen molar-refractivity contribution in [1.82, 2.24) is 5.32 Å². The minimum atomic E-state index is 0.355. The molecule has 0 bridgehead atoms. The SMILES string of the molecule is CCC1CC(NCCCOCC2CCCO2)CCO1. The minimum Gasteiger partial charge on any atom is -0.379 e. The zero-order chi connectivity index (χ0) is 13.3. The molecule has 2 aliphatic rings. The molecule has 4 nitrogen and oxygen atoms in total. The largest absolute Gasteiger partial charge is 0.379 e. The van der Waals surface area contributed by atoms with Gasteiger partial charge >= 0.3 is 0 Å². The number of hydrogen-bond acceptors (Lipinski definition) is 4. The van der Waals surface area contributed by atoms with E-state index < -0.39 is 0 Å². The van der Waals surface area contributed by atoms with Gasteiger partial charge in [0.15, 0.2) is 0 Å². The van der Waals surface area contributed by atoms with Crippen LogP contribution in [0.25, 0.3) is 0 Å². The summed E-state index contributed by atoms with van der Waals surface area (Å²) < 4.78 is 16.9. The maximum absolute atomic E-state index is 5.68. The molecule has 0 aliphatic carbocycles. The number of ether oxygens (including phenoxy) is 3. The van der Waals surface area contributed by atoms with Crippen molar-refractivity contribution in [3.63, 3.8) is 0 Å². The summed E-state index contributed by atoms with van der Waals surface area (Å²) in [6.07, 6.45) is 7.69. The van der Waals surface area contributed by atoms with E-state index in [0.717, 1.165) is 58.7 Å². The molecule has 2 rings (SSSR count). The molecule has 2 aliphatic heterocycles. The average Bonchev–Trinajstić information content (AvgIpc) is 2.96. The summed E-state index contributed by atoms with van der Waals surface area (Å²) in [7, 11) is 0. The monoisotopic (exact) mass is 271 g/mol. The van der Waals surface area contributed by atoms with E-state index in [0.29, 0.717) is 18.2 Å². The van der Waals surface area contributed by atoms with Gasteiger partial charge in [0.05, 0.1) is 18.8 Å². The molecule has 3 unspecified atom stereocenters. The topological polar surface area (TPSA) is 39.7 Å². The first-order valence-corrected chi connectivity index (χ1v) is 7.92. The predicted octanol–water partition coefficient (Wildman–Crippen LogP) is 2.12. The standard InChI is InChI=1S/C15H29NO3/c1-2-14-11-13(6-10-19-14)16-7-4-8-17-12-15-5-3-9-18-15/h13-16H,2-12H2,1H3. The number of rotatable bonds is 8. The van der Waals surface area contributed by atoms with Crippen LogP contribution in [0.15, 0.2) is 0 Å². The fraction of sp³-hybridized carbons (Fsp3) is 1.00. The normalized spacial score (nSPS) is 31.7. The van der Waals surface area contributed by atoms with Crippen molar-refractivity contribution in [3.8, 4) is 0 Å². The van der Waals surface area contributed by atoms with Gasteiger partial charge in [-0.1, -0.05) is 6.92 Å². The summed E-state index contributed by atoms with van der Waals surface area (Å²) in [5.74, 6) is 0. The van der Waals surface area contributed by atoms with E-state index in [9.17, 15) is 0 Å². The third-order valence-electron chi connectivity index (χ3n) is 4.05. The first-order chi connectivity index (χ1) is 9.38. The molecule has 0 aromatic rings. The second-order valence-corrected chi connectivity index (χ2v) is 5.64. The quantitative estimate of drug-likeness (QED) is 0.686. The summed E-state index contributed by atoms with van der Waals surface area (Å²) in [4.78, 5) is 0. The minimum absolute atomic E-state index is 0.355. The van der Waals surface area contributed by atoms with Crippen molar-refractivity contribution in [2.24, 2.45) is 0 Å². The van der Waals surface area contributed by atoms with Gasteiger partial charge < -0.3 is 19.5 Å². The highest BCUT2D eigenvalue weighted by atomic mass is 16.5. The van der Waals surface area contributed by atoms with Crippen LogP contribution >= 0.6 is 0 Å². The molecule has 1 N–H and O–H groups in total. The predicted molar refractivity (Wildman–Crippen MR) is 75.5 cm³/mol. The fourth-order valence-electron chi connectivity index (χ4n) is 2.82. The molecule has 0 spiro atoms. The van der Waals surface area contributed by atoms with Gasteiger partial charge in [-0.05, 0) is 45.1 Å². The average molecular weight is 271 g/mol. The van der Waals surface area contributed by atoms with Crippen LogP contribution in [0, 0.1) is 0 Å². The van der Waals surface area contributed by atoms with Gasteiger partial charge in [-0.15, -0.1) is 0 Å². The van der Waals surface area contributed by atoms with Crippen LogP contribution in [0.1, 0.15) is 45.4 Å². The van der Waals surface area contributed by atoms with Crippen molar-refractivity contribution in [1.29, 1.82) is 0 Å². The number of hydrogen-bond donors (Lipinski definition) is 1. The zero-order valence-electron chi connectivity index (χ0n) is 12.2. The Morgan fingerprint density at radius 2 is 2.05 bits per heavy atom. The molecular formula is C15H29NO3. The summed E-state index contributed by atoms with van der Waals surface area (Å²) in [5, 5.41) is 3.62. The molecule has 0 aromatic heterocycles. The third kappa shape index (κ3) is 5.78. The van der Waals surface area contributed by atoms with Gasteiger partial charge in [0.25, 0.3) is 0 Å². The Labute approximate surface area is 117 Å². The van der Waals surface area contributed by atoms with Crippen LogP contribution in [-0.2, 0) is 14.2 Å². The smallest absolute Gasteiger partial charge is 0.0809 e. The Bertz CT molecular complexity index is 231. The molecule has 2 heterocycles. The van der Waals surface area contributed by atoms with E-state index in [1.54, 1.807) is 0 Å². The van der Waals surface area contributed by atoms with Crippen LogP contribution in [0.3, 0.4) is 0 Å². The van der Waals surface area contributed by atoms with E-state index in [4.69, 9.17) is 14.2 Å². The first-order valence-electron chi connectivity index (χ1n) is 7.92. The van der Waals surface area contributed by atoms with Gasteiger partial charge in [-0.25, -0.2) is 0 Å². The van der Waals surface area contributed by atoms with Crippen molar-refractivity contribution in [3.05, 3.63) is 0 Å². The summed E-state index contributed by atoms with van der Waals surface area (Å²) in [6, 6.07) is 0.636. The summed E-state index contributed by atoms with van der Waals surface area (Å²) in [5.41, 5.74) is 0. The summed E-state index contributed by atoms with van der Waals surface area (Å²) >= 11 is 0. The molecule has 19 heavy (non-hydrogen) atoms. The van der Waals surface area contributed by atoms with Crippen molar-refractivity contribution >= 4 is 0 Å². The zero-order valence-corrected chi connectivity index (χ0v) is 12.2. The van der Waals surface area contributed by atoms with E-state index in [2.05, 4.69) is 12.2 Å². The Balaban J connectivity index is 1.43. The molecular weight excluding hydrogens is 242 g/mol. The number of nitrogens with one attached hydrogen (secondary N) is 1. The van der Waals surface area contributed by atoms with E-state index in [1.165, 1.54) is 12.8 Å². The molecule has 2 fully saturated rings. The highest BCUT2D eigenvalue weighted by Crippen LogP contribution is 2.16. The highest BCUT2D eigenvalue weighted by molar-refractivity contribution is 4.76. The second kappa shape index (κ2) is 8.90. The van der Waals surface area contributed by atoms with E-state index >= 15 is 0 Å². The van der Waals surface area contributed by atoms with Crippen LogP contribution in [0.2, 0.25) is 0 Å². The Morgan fingerprint density at radius 3 is 2.84 bits per heavy atom. The van der Waals surface area contributed by atoms with Crippen molar-refractivity contribution < 1.29 is 14.2 Å². The molecule has 112 valence electrons. The fourth-order valence-corrected chi connectivity index (χ4v) is 2.82. The van der Waals surface area contributed by atoms with E-state index in [-0.39, 0.29) is 0 Å². The Hall–Kier alpha value is -0.160. The highest BCUT2D eigenvalue weighted by Gasteiger charge is 2.20. The van der Waals surface area contributed by atoms with Crippen LogP contribution in [0.5, 0.6) is 0 Å². The molecule has 0 amide bonds. The van der Waals surface area contributed by atoms with Crippen molar-refractivity contribution in [2.45, 2.75) is 63.7 Å². The molecule has 2 saturated heterocycles. The maximum Gasteiger partial charge on any atom is 0.0809 e. The molecule has 0 radical (unpaired) electrons. The van der Waals surface area contributed by atoms with Crippen LogP contribution < -0.4 is 5.32 Å². The van der Waals surface area contributed by atoms with Gasteiger partial charge in [-0.3, -0.25) is 0 Å². The van der Waals surface area contributed by atoms with Gasteiger partial charge in [0.2, 0.25) is 0 Å². The van der Waals surface area contributed by atoms with Gasteiger partial charge in [0.1, 0.15) is 0 Å². The van der Waals surface area contributed by atoms with Gasteiger partial charge in [-0.2, -0.15) is 0 Å². The maximum atomic E-state index is 5.68. The molecule has 0 saturated carbocycles. The van der Waals surface area contributed by atoms with E-state index in [1.807, 2.05) is 0 Å². The third-order valence-corrected chi connectivity index (χ3v) is 4.05. The lowest BCUT2D eigenvalue weighted by atomic mass is 10.0. The molecule has 3 atom stereocenters. The van der Waals surface area contributed by atoms with Crippen LogP contribution in [0.4, 0.5) is 0 Å². The lowest BCUT2D eigenvalue weighted by molar-refractivity contribution is -0.00146. The first kappa shape index (κ1) is 15.2. The van der Waals surface area contributed by atoms with Gasteiger partial charge in [0, 0.05) is 25.9 Å². The second-order valence-electron chi connectivity index (χ2n) is 5.64. The summed E-state index contributed by atoms with van der Waals surface area (Å²) in [6.45, 7) is 6.69.